The molecule has 0 saturated heterocycles. The lowest BCUT2D eigenvalue weighted by molar-refractivity contribution is 1.30. The number of rotatable bonds is 5. The average molecular weight is 762 g/mol. The van der Waals surface area contributed by atoms with Crippen molar-refractivity contribution in [2.24, 2.45) is 0 Å². The van der Waals surface area contributed by atoms with E-state index in [2.05, 4.69) is 200 Å². The van der Waals surface area contributed by atoms with Crippen LogP contribution < -0.4 is 0 Å². The van der Waals surface area contributed by atoms with Crippen LogP contribution in [0.2, 0.25) is 0 Å². The topological polar surface area (TPSA) is 38.7 Å². The van der Waals surface area contributed by atoms with Gasteiger partial charge in [-0.3, -0.25) is 0 Å². The van der Waals surface area contributed by atoms with Gasteiger partial charge >= 0.3 is 0 Å². The largest absolute Gasteiger partial charge is 0.247 e. The summed E-state index contributed by atoms with van der Waals surface area (Å²) in [6, 6.07) is 75.4. The van der Waals surface area contributed by atoms with Crippen LogP contribution in [0.25, 0.3) is 121 Å². The zero-order valence-electron chi connectivity index (χ0n) is 32.5. The molecule has 2 heterocycles. The molecule has 0 aliphatic heterocycles. The first-order valence-corrected chi connectivity index (χ1v) is 20.4. The Morgan fingerprint density at radius 3 is 1.32 bits per heavy atom. The van der Waals surface area contributed by atoms with Crippen LogP contribution in [0.3, 0.4) is 0 Å². The van der Waals surface area contributed by atoms with Gasteiger partial charge in [0.25, 0.3) is 0 Å². The summed E-state index contributed by atoms with van der Waals surface area (Å²) < 4.78 is 0. The van der Waals surface area contributed by atoms with E-state index in [0.717, 1.165) is 88.7 Å². The molecule has 12 aromatic rings. The van der Waals surface area contributed by atoms with Gasteiger partial charge < -0.3 is 0 Å². The summed E-state index contributed by atoms with van der Waals surface area (Å²) >= 11 is 0. The van der Waals surface area contributed by atoms with Gasteiger partial charge in [0, 0.05) is 38.4 Å². The first-order valence-electron chi connectivity index (χ1n) is 20.4. The van der Waals surface area contributed by atoms with Gasteiger partial charge in [-0.25, -0.2) is 15.0 Å². The number of aromatic nitrogens is 3. The Labute approximate surface area is 346 Å². The van der Waals surface area contributed by atoms with Gasteiger partial charge in [0.1, 0.15) is 0 Å². The number of nitrogens with zero attached hydrogens (tertiary/aromatic N) is 3. The Morgan fingerprint density at radius 1 is 0.233 bits per heavy atom. The van der Waals surface area contributed by atoms with Crippen LogP contribution in [-0.2, 0) is 0 Å². The van der Waals surface area contributed by atoms with Crippen molar-refractivity contribution in [1.82, 2.24) is 15.0 Å². The number of hydrogen-bond donors (Lipinski definition) is 0. The van der Waals surface area contributed by atoms with Crippen LogP contribution in [0.5, 0.6) is 0 Å². The number of fused-ring (bicyclic) bond motifs is 11. The highest BCUT2D eigenvalue weighted by molar-refractivity contribution is 6.27. The molecule has 10 aromatic carbocycles. The van der Waals surface area contributed by atoms with Crippen molar-refractivity contribution in [3.05, 3.63) is 212 Å². The highest BCUT2D eigenvalue weighted by Crippen LogP contribution is 2.45. The standard InChI is InChI=1S/C57H35N3/c1-4-18-36(19-5-1)48-35-50-52(57-56(48)59-53(37-20-6-2-7-21-37)54(60-57)38-22-8-3-9-23-38)47-30-16-17-31-51(47)58-55(50)46-29-15-10-24-40(46)39-32-33-45-43-27-12-11-25-41(43)42-26-13-14-28-44(42)49(45)34-39/h1-35H. The molecule has 278 valence electrons. The van der Waals surface area contributed by atoms with E-state index in [1.54, 1.807) is 0 Å². The molecule has 0 fully saturated rings. The second kappa shape index (κ2) is 13.8. The van der Waals surface area contributed by atoms with Crippen LogP contribution in [0, 0.1) is 0 Å². The molecule has 0 amide bonds. The predicted molar refractivity (Wildman–Crippen MR) is 252 cm³/mol. The molecular formula is C57H35N3. The third-order valence-electron chi connectivity index (χ3n) is 12.0. The molecule has 0 aliphatic rings. The van der Waals surface area contributed by atoms with Crippen LogP contribution >= 0.6 is 0 Å². The predicted octanol–water partition coefficient (Wildman–Crippen LogP) is 15.1. The number of pyridine rings is 1. The summed E-state index contributed by atoms with van der Waals surface area (Å²) in [4.78, 5) is 16.9. The van der Waals surface area contributed by atoms with Crippen molar-refractivity contribution < 1.29 is 0 Å². The van der Waals surface area contributed by atoms with Crippen LogP contribution in [0.4, 0.5) is 0 Å². The molecule has 60 heavy (non-hydrogen) atoms. The molecule has 0 radical (unpaired) electrons. The van der Waals surface area contributed by atoms with E-state index in [-0.39, 0.29) is 0 Å². The quantitative estimate of drug-likeness (QED) is 0.164. The van der Waals surface area contributed by atoms with Crippen molar-refractivity contribution >= 4 is 65.0 Å². The SMILES string of the molecule is c1ccc(-c2nc3c(-c4ccccc4)cc4c(-c5ccccc5-c5ccc6c7ccccc7c7ccccc7c6c5)nc5ccccc5c4c3nc2-c2ccccc2)cc1. The third-order valence-corrected chi connectivity index (χ3v) is 12.0. The van der Waals surface area contributed by atoms with E-state index in [4.69, 9.17) is 15.0 Å². The average Bonchev–Trinajstić information content (AvgIpc) is 3.33. The summed E-state index contributed by atoms with van der Waals surface area (Å²) in [6.45, 7) is 0. The summed E-state index contributed by atoms with van der Waals surface area (Å²) in [5.74, 6) is 0. The molecule has 0 bridgehead atoms. The first-order chi connectivity index (χ1) is 29.8. The number of hydrogen-bond acceptors (Lipinski definition) is 3. The van der Waals surface area contributed by atoms with Gasteiger partial charge in [0.05, 0.1) is 33.6 Å². The van der Waals surface area contributed by atoms with Crippen molar-refractivity contribution in [3.63, 3.8) is 0 Å². The molecule has 0 atom stereocenters. The molecule has 0 unspecified atom stereocenters. The number of benzene rings is 10. The molecule has 0 spiro atoms. The van der Waals surface area contributed by atoms with Crippen molar-refractivity contribution in [2.45, 2.75) is 0 Å². The fourth-order valence-corrected chi connectivity index (χ4v) is 9.29. The second-order valence-corrected chi connectivity index (χ2v) is 15.4. The van der Waals surface area contributed by atoms with Crippen molar-refractivity contribution in [3.8, 4) is 56.0 Å². The molecule has 0 aliphatic carbocycles. The van der Waals surface area contributed by atoms with Crippen molar-refractivity contribution in [1.29, 1.82) is 0 Å². The van der Waals surface area contributed by atoms with Gasteiger partial charge in [-0.15, -0.1) is 0 Å². The van der Waals surface area contributed by atoms with E-state index in [1.165, 1.54) is 32.3 Å². The van der Waals surface area contributed by atoms with Gasteiger partial charge in [-0.2, -0.15) is 0 Å². The zero-order valence-corrected chi connectivity index (χ0v) is 32.5. The summed E-state index contributed by atoms with van der Waals surface area (Å²) in [7, 11) is 0. The van der Waals surface area contributed by atoms with Crippen LogP contribution in [0.15, 0.2) is 212 Å². The van der Waals surface area contributed by atoms with E-state index < -0.39 is 0 Å². The van der Waals surface area contributed by atoms with E-state index in [1.807, 2.05) is 12.1 Å². The highest BCUT2D eigenvalue weighted by Gasteiger charge is 2.23. The molecule has 12 rings (SSSR count). The third kappa shape index (κ3) is 5.40. The molecular weight excluding hydrogens is 727 g/mol. The van der Waals surface area contributed by atoms with Gasteiger partial charge in [0.2, 0.25) is 0 Å². The van der Waals surface area contributed by atoms with E-state index in [0.29, 0.717) is 0 Å². The monoisotopic (exact) mass is 761 g/mol. The summed E-state index contributed by atoms with van der Waals surface area (Å²) in [6.07, 6.45) is 0. The number of para-hydroxylation sites is 1. The highest BCUT2D eigenvalue weighted by atomic mass is 14.8. The molecule has 0 N–H and O–H groups in total. The second-order valence-electron chi connectivity index (χ2n) is 15.4. The van der Waals surface area contributed by atoms with E-state index >= 15 is 0 Å². The molecule has 3 nitrogen and oxygen atoms in total. The van der Waals surface area contributed by atoms with Crippen molar-refractivity contribution in [2.75, 3.05) is 0 Å². The smallest absolute Gasteiger partial charge is 0.0987 e. The Balaban J connectivity index is 1.20. The minimum Gasteiger partial charge on any atom is -0.247 e. The fourth-order valence-electron chi connectivity index (χ4n) is 9.29. The molecule has 3 heteroatoms. The van der Waals surface area contributed by atoms with Crippen LogP contribution in [0.1, 0.15) is 0 Å². The fraction of sp³-hybridized carbons (Fsp3) is 0. The lowest BCUT2D eigenvalue weighted by atomic mass is 9.89. The molecule has 0 saturated carbocycles. The van der Waals surface area contributed by atoms with Gasteiger partial charge in [-0.1, -0.05) is 194 Å². The first kappa shape index (κ1) is 34.1. The lowest BCUT2D eigenvalue weighted by Gasteiger charge is -2.19. The Morgan fingerprint density at radius 2 is 0.700 bits per heavy atom. The summed E-state index contributed by atoms with van der Waals surface area (Å²) in [5, 5.41) is 10.7. The molecule has 2 aromatic heterocycles. The van der Waals surface area contributed by atoms with E-state index in [9.17, 15) is 0 Å². The van der Waals surface area contributed by atoms with Gasteiger partial charge in [0.15, 0.2) is 0 Å². The Kier molecular flexibility index (Phi) is 7.85. The Hall–Kier alpha value is -8.01. The minimum absolute atomic E-state index is 0.847. The van der Waals surface area contributed by atoms with Crippen LogP contribution in [-0.4, -0.2) is 15.0 Å². The minimum atomic E-state index is 0.847. The summed E-state index contributed by atoms with van der Waals surface area (Å²) in [5.41, 5.74) is 12.7. The van der Waals surface area contributed by atoms with Gasteiger partial charge in [-0.05, 0) is 67.2 Å². The normalized spacial score (nSPS) is 11.7. The maximum Gasteiger partial charge on any atom is 0.0987 e. The maximum absolute atomic E-state index is 5.70. The lowest BCUT2D eigenvalue weighted by Crippen LogP contribution is -2.00. The zero-order chi connectivity index (χ0) is 39.6. The Bertz CT molecular complexity index is 3600. The maximum atomic E-state index is 5.70.